The van der Waals surface area contributed by atoms with Gasteiger partial charge in [-0.3, -0.25) is 4.79 Å². The van der Waals surface area contributed by atoms with Gasteiger partial charge in [0.1, 0.15) is 6.17 Å². The van der Waals surface area contributed by atoms with Gasteiger partial charge >= 0.3 is 0 Å². The van der Waals surface area contributed by atoms with Crippen molar-refractivity contribution < 1.29 is 28.2 Å². The first-order valence-electron chi connectivity index (χ1n) is 10.2. The Morgan fingerprint density at radius 1 is 1.14 bits per heavy atom. The minimum atomic E-state index is -2.03. The number of hydrogen-bond acceptors (Lipinski definition) is 4. The van der Waals surface area contributed by atoms with E-state index in [1.807, 2.05) is 20.8 Å². The Morgan fingerprint density at radius 2 is 1.86 bits per heavy atom. The number of fused-ring (bicyclic) bond motifs is 7. The molecule has 0 spiro atoms. The average molecular weight is 394 g/mol. The van der Waals surface area contributed by atoms with Crippen molar-refractivity contribution in [3.05, 3.63) is 23.8 Å². The summed E-state index contributed by atoms with van der Waals surface area (Å²) in [5, 5.41) is 11.1. The zero-order chi connectivity index (χ0) is 20.3. The van der Waals surface area contributed by atoms with E-state index in [0.717, 1.165) is 0 Å². The lowest BCUT2D eigenvalue weighted by molar-refractivity contribution is -0.229. The van der Waals surface area contributed by atoms with Crippen molar-refractivity contribution in [2.45, 2.75) is 82.9 Å². The fourth-order valence-electron chi connectivity index (χ4n) is 7.17. The van der Waals surface area contributed by atoms with Crippen LogP contribution in [-0.2, 0) is 14.3 Å². The molecule has 0 amide bonds. The van der Waals surface area contributed by atoms with Crippen LogP contribution in [0.5, 0.6) is 0 Å². The van der Waals surface area contributed by atoms with E-state index in [9.17, 15) is 9.90 Å². The van der Waals surface area contributed by atoms with E-state index < -0.39 is 40.5 Å². The Morgan fingerprint density at radius 3 is 2.57 bits per heavy atom. The molecule has 9 atom stereocenters. The summed E-state index contributed by atoms with van der Waals surface area (Å²) in [5.41, 5.74) is -3.68. The molecule has 0 aromatic heterocycles. The monoisotopic (exact) mass is 394 g/mol. The van der Waals surface area contributed by atoms with Gasteiger partial charge in [0.05, 0.1) is 18.3 Å². The molecule has 0 radical (unpaired) electrons. The molecule has 0 aromatic rings. The van der Waals surface area contributed by atoms with Gasteiger partial charge in [-0.2, -0.15) is 0 Å². The van der Waals surface area contributed by atoms with E-state index in [1.54, 1.807) is 6.92 Å². The van der Waals surface area contributed by atoms with Crippen LogP contribution < -0.4 is 0 Å². The molecule has 6 heteroatoms. The quantitative estimate of drug-likeness (QED) is 0.684. The Kier molecular flexibility index (Phi) is 3.59. The van der Waals surface area contributed by atoms with Crippen LogP contribution in [-0.4, -0.2) is 46.8 Å². The zero-order valence-electron chi connectivity index (χ0n) is 16.7. The molecule has 5 aliphatic rings. The molecule has 3 saturated carbocycles. The van der Waals surface area contributed by atoms with Crippen LogP contribution in [0.4, 0.5) is 8.78 Å². The van der Waals surface area contributed by atoms with E-state index in [1.165, 1.54) is 18.2 Å². The normalized spacial score (nSPS) is 56.5. The van der Waals surface area contributed by atoms with Crippen LogP contribution in [0.15, 0.2) is 23.8 Å². The lowest BCUT2D eigenvalue weighted by atomic mass is 9.45. The van der Waals surface area contributed by atoms with Crippen molar-refractivity contribution in [3.8, 4) is 0 Å². The SMILES string of the molecule is CC1(C)O[C@@H]2[C@@H](C[C@H]3[C@@H]4C[C@H](F)C5=CC(=O)C=C[C@]5(C)[C@@]4(F)[C@@H](O)C[C@]23C)O1. The van der Waals surface area contributed by atoms with Crippen LogP contribution in [0.2, 0.25) is 0 Å². The molecule has 4 aliphatic carbocycles. The Hall–Kier alpha value is -1.11. The van der Waals surface area contributed by atoms with Gasteiger partial charge in [-0.15, -0.1) is 0 Å². The van der Waals surface area contributed by atoms with Crippen LogP contribution in [0, 0.1) is 22.7 Å². The third-order valence-electron chi connectivity index (χ3n) is 8.38. The van der Waals surface area contributed by atoms with Crippen LogP contribution >= 0.6 is 0 Å². The fraction of sp³-hybridized carbons (Fsp3) is 0.773. The second-order valence-corrected chi connectivity index (χ2v) is 10.3. The number of carbonyl (C=O) groups excluding carboxylic acids is 1. The van der Waals surface area contributed by atoms with Crippen LogP contribution in [0.25, 0.3) is 0 Å². The van der Waals surface area contributed by atoms with Gasteiger partial charge in [-0.1, -0.05) is 13.0 Å². The minimum Gasteiger partial charge on any atom is -0.390 e. The van der Waals surface area contributed by atoms with E-state index in [2.05, 4.69) is 0 Å². The van der Waals surface area contributed by atoms with Gasteiger partial charge in [0.25, 0.3) is 0 Å². The van der Waals surface area contributed by atoms with Crippen molar-refractivity contribution >= 4 is 5.78 Å². The average Bonchev–Trinajstić information content (AvgIpc) is 3.03. The first-order chi connectivity index (χ1) is 12.9. The molecule has 1 aliphatic heterocycles. The molecule has 0 unspecified atom stereocenters. The minimum absolute atomic E-state index is 0.0286. The third kappa shape index (κ3) is 2.07. The number of alkyl halides is 2. The summed E-state index contributed by atoms with van der Waals surface area (Å²) in [7, 11) is 0. The molecule has 1 N–H and O–H groups in total. The molecular formula is C22H28F2O4. The number of ether oxygens (including phenoxy) is 2. The number of allylic oxidation sites excluding steroid dienone is 4. The van der Waals surface area contributed by atoms with Crippen LogP contribution in [0.3, 0.4) is 0 Å². The fourth-order valence-corrected chi connectivity index (χ4v) is 7.17. The third-order valence-corrected chi connectivity index (χ3v) is 8.38. The molecule has 154 valence electrons. The van der Waals surface area contributed by atoms with Gasteiger partial charge in [0.2, 0.25) is 0 Å². The van der Waals surface area contributed by atoms with E-state index in [4.69, 9.17) is 9.47 Å². The molecule has 4 nitrogen and oxygen atoms in total. The second-order valence-electron chi connectivity index (χ2n) is 10.3. The van der Waals surface area contributed by atoms with Crippen molar-refractivity contribution in [1.29, 1.82) is 0 Å². The Bertz CT molecular complexity index is 806. The highest BCUT2D eigenvalue weighted by Gasteiger charge is 2.74. The maximum Gasteiger partial charge on any atom is 0.178 e. The predicted molar refractivity (Wildman–Crippen MR) is 97.8 cm³/mol. The van der Waals surface area contributed by atoms with Crippen molar-refractivity contribution in [2.24, 2.45) is 22.7 Å². The standard InChI is InChI=1S/C22H28F2O4/c1-19(2)27-16-9-12-13-8-15(23)14-7-11(25)5-6-21(14,4)22(13,24)17(26)10-20(12,3)18(16)28-19/h5-7,12-13,15-18,26H,8-10H2,1-4H3/t12-,13-,15-,16+,17-,18+,20-,21-,22-/m0/s1. The topological polar surface area (TPSA) is 55.8 Å². The number of ketones is 1. The molecular weight excluding hydrogens is 366 g/mol. The van der Waals surface area contributed by atoms with Gasteiger partial charge in [-0.05, 0) is 63.7 Å². The van der Waals surface area contributed by atoms with Crippen molar-refractivity contribution in [3.63, 3.8) is 0 Å². The number of hydrogen-bond donors (Lipinski definition) is 1. The van der Waals surface area contributed by atoms with Crippen LogP contribution in [0.1, 0.15) is 47.0 Å². The maximum atomic E-state index is 16.9. The highest BCUT2D eigenvalue weighted by Crippen LogP contribution is 2.69. The summed E-state index contributed by atoms with van der Waals surface area (Å²) < 4.78 is 44.3. The summed E-state index contributed by atoms with van der Waals surface area (Å²) in [6, 6.07) is 0. The molecule has 0 bridgehead atoms. The number of carbonyl (C=O) groups is 1. The largest absolute Gasteiger partial charge is 0.390 e. The van der Waals surface area contributed by atoms with Crippen molar-refractivity contribution in [1.82, 2.24) is 0 Å². The van der Waals surface area contributed by atoms with Gasteiger partial charge < -0.3 is 14.6 Å². The first-order valence-corrected chi connectivity index (χ1v) is 10.2. The smallest absolute Gasteiger partial charge is 0.178 e. The number of rotatable bonds is 0. The molecule has 28 heavy (non-hydrogen) atoms. The summed E-state index contributed by atoms with van der Waals surface area (Å²) in [4.78, 5) is 11.8. The molecule has 1 heterocycles. The van der Waals surface area contributed by atoms with E-state index in [-0.39, 0.29) is 42.3 Å². The first kappa shape index (κ1) is 18.9. The zero-order valence-corrected chi connectivity index (χ0v) is 16.7. The molecule has 4 fully saturated rings. The lowest BCUT2D eigenvalue weighted by Gasteiger charge is -2.62. The summed E-state index contributed by atoms with van der Waals surface area (Å²) in [6.07, 6.45) is 1.71. The summed E-state index contributed by atoms with van der Waals surface area (Å²) in [6.45, 7) is 7.38. The molecule has 5 rings (SSSR count). The van der Waals surface area contributed by atoms with Gasteiger partial charge in [-0.25, -0.2) is 8.78 Å². The summed E-state index contributed by atoms with van der Waals surface area (Å²) in [5.74, 6) is -1.86. The number of halogens is 2. The Balaban J connectivity index is 1.60. The van der Waals surface area contributed by atoms with Gasteiger partial charge in [0.15, 0.2) is 17.2 Å². The molecule has 0 aromatic carbocycles. The number of aliphatic hydroxyl groups excluding tert-OH is 1. The highest BCUT2D eigenvalue weighted by atomic mass is 19.1. The number of aliphatic hydroxyl groups is 1. The Labute approximate surface area is 164 Å². The predicted octanol–water partition coefficient (Wildman–Crippen LogP) is 3.44. The maximum absolute atomic E-state index is 16.9. The van der Waals surface area contributed by atoms with Crippen molar-refractivity contribution in [2.75, 3.05) is 0 Å². The lowest BCUT2D eigenvalue weighted by Crippen LogP contribution is -2.68. The van der Waals surface area contributed by atoms with Gasteiger partial charge in [0, 0.05) is 16.7 Å². The highest BCUT2D eigenvalue weighted by molar-refractivity contribution is 6.01. The van der Waals surface area contributed by atoms with E-state index >= 15 is 8.78 Å². The molecule has 1 saturated heterocycles. The summed E-state index contributed by atoms with van der Waals surface area (Å²) >= 11 is 0. The second kappa shape index (κ2) is 5.32. The van der Waals surface area contributed by atoms with E-state index in [0.29, 0.717) is 6.42 Å².